The van der Waals surface area contributed by atoms with Crippen LogP contribution < -0.4 is 0 Å². The lowest BCUT2D eigenvalue weighted by Crippen LogP contribution is -2.10. The first-order valence-corrected chi connectivity index (χ1v) is 6.47. The van der Waals surface area contributed by atoms with Crippen LogP contribution in [0.4, 0.5) is 0 Å². The molecule has 1 unspecified atom stereocenters. The lowest BCUT2D eigenvalue weighted by molar-refractivity contribution is -0.115. The first-order valence-electron chi connectivity index (χ1n) is 6.47. The van der Waals surface area contributed by atoms with Crippen LogP contribution >= 0.6 is 0 Å². The van der Waals surface area contributed by atoms with E-state index < -0.39 is 0 Å². The van der Waals surface area contributed by atoms with Gasteiger partial charge in [0.15, 0.2) is 5.78 Å². The van der Waals surface area contributed by atoms with Gasteiger partial charge in [-0.3, -0.25) is 4.79 Å². The summed E-state index contributed by atoms with van der Waals surface area (Å²) in [4.78, 5) is 11.7. The molecule has 0 bridgehead atoms. The Morgan fingerprint density at radius 3 is 2.47 bits per heavy atom. The first kappa shape index (κ1) is 14.2. The second-order valence-corrected chi connectivity index (χ2v) is 5.36. The van der Waals surface area contributed by atoms with E-state index in [1.165, 1.54) is 5.57 Å². The maximum atomic E-state index is 11.7. The fraction of sp³-hybridized carbons (Fsp3) is 0.667. The Morgan fingerprint density at radius 2 is 2.06 bits per heavy atom. The van der Waals surface area contributed by atoms with Gasteiger partial charge in [-0.05, 0) is 57.9 Å². The smallest absolute Gasteiger partial charge is 0.159 e. The summed E-state index contributed by atoms with van der Waals surface area (Å²) in [6, 6.07) is 0. The molecule has 2 nitrogen and oxygen atoms in total. The maximum Gasteiger partial charge on any atom is 0.159 e. The Bertz CT molecular complexity index is 337. The van der Waals surface area contributed by atoms with Crippen molar-refractivity contribution in [1.82, 2.24) is 0 Å². The van der Waals surface area contributed by atoms with Gasteiger partial charge in [0, 0.05) is 6.42 Å². The van der Waals surface area contributed by atoms with Gasteiger partial charge in [0.1, 0.15) is 0 Å². The topological polar surface area (TPSA) is 37.3 Å². The predicted molar refractivity (Wildman–Crippen MR) is 70.8 cm³/mol. The molecular weight excluding hydrogens is 212 g/mol. The molecule has 0 amide bonds. The largest absolute Gasteiger partial charge is 0.393 e. The summed E-state index contributed by atoms with van der Waals surface area (Å²) < 4.78 is 0. The average Bonchev–Trinajstić information content (AvgIpc) is 2.53. The van der Waals surface area contributed by atoms with Crippen LogP contribution in [-0.4, -0.2) is 17.0 Å². The number of carbonyl (C=O) groups is 1. The van der Waals surface area contributed by atoms with Gasteiger partial charge < -0.3 is 5.11 Å². The normalized spacial score (nSPS) is 19.6. The van der Waals surface area contributed by atoms with Crippen LogP contribution in [0.25, 0.3) is 0 Å². The Labute approximate surface area is 104 Å². The summed E-state index contributed by atoms with van der Waals surface area (Å²) >= 11 is 0. The second-order valence-electron chi connectivity index (χ2n) is 5.36. The number of allylic oxidation sites excluding steroid dienone is 3. The minimum atomic E-state index is -0.272. The van der Waals surface area contributed by atoms with Crippen molar-refractivity contribution in [3.8, 4) is 0 Å². The van der Waals surface area contributed by atoms with E-state index in [0.29, 0.717) is 18.1 Å². The molecule has 1 N–H and O–H groups in total. The summed E-state index contributed by atoms with van der Waals surface area (Å²) in [6.45, 7) is 9.89. The highest BCUT2D eigenvalue weighted by Gasteiger charge is 2.23. The summed E-state index contributed by atoms with van der Waals surface area (Å²) in [6.07, 6.45) is 3.83. The highest BCUT2D eigenvalue weighted by molar-refractivity contribution is 5.98. The fourth-order valence-electron chi connectivity index (χ4n) is 2.34. The van der Waals surface area contributed by atoms with Crippen LogP contribution in [0.15, 0.2) is 23.3 Å². The van der Waals surface area contributed by atoms with Gasteiger partial charge in [-0.1, -0.05) is 17.7 Å². The molecule has 1 rings (SSSR count). The summed E-state index contributed by atoms with van der Waals surface area (Å²) in [5, 5.41) is 9.34. The van der Waals surface area contributed by atoms with E-state index in [0.717, 1.165) is 36.8 Å². The third-order valence-corrected chi connectivity index (χ3v) is 3.66. The maximum absolute atomic E-state index is 11.7. The minimum Gasteiger partial charge on any atom is -0.393 e. The van der Waals surface area contributed by atoms with Crippen molar-refractivity contribution in [2.24, 2.45) is 5.92 Å². The Hall–Kier alpha value is -0.890. The van der Waals surface area contributed by atoms with E-state index in [1.807, 2.05) is 6.92 Å². The lowest BCUT2D eigenvalue weighted by atomic mass is 9.87. The molecule has 1 aliphatic rings. The van der Waals surface area contributed by atoms with Crippen LogP contribution in [0.5, 0.6) is 0 Å². The molecule has 0 radical (unpaired) electrons. The standard InChI is InChI=1S/C15H24O2/c1-10(2)13(7-6-12(4)16)9-14-11(3)5-8-15(14)17/h12-13,16H,1,5-9H2,2-4H3/t12-,13?/m0/s1. The van der Waals surface area contributed by atoms with Gasteiger partial charge in [-0.25, -0.2) is 0 Å². The molecule has 0 heterocycles. The van der Waals surface area contributed by atoms with Gasteiger partial charge in [0.25, 0.3) is 0 Å². The summed E-state index contributed by atoms with van der Waals surface area (Å²) in [5.74, 6) is 0.641. The van der Waals surface area contributed by atoms with Crippen molar-refractivity contribution in [2.45, 2.75) is 59.0 Å². The molecule has 0 aromatic rings. The van der Waals surface area contributed by atoms with Crippen molar-refractivity contribution < 1.29 is 9.90 Å². The first-order chi connectivity index (χ1) is 7.91. The average molecular weight is 236 g/mol. The third-order valence-electron chi connectivity index (χ3n) is 3.66. The van der Waals surface area contributed by atoms with E-state index in [9.17, 15) is 9.90 Å². The SMILES string of the molecule is C=C(C)C(CC[C@H](C)O)CC1=C(C)CCC1=O. The van der Waals surface area contributed by atoms with E-state index in [2.05, 4.69) is 13.5 Å². The summed E-state index contributed by atoms with van der Waals surface area (Å²) in [5.41, 5.74) is 3.38. The van der Waals surface area contributed by atoms with Crippen LogP contribution in [-0.2, 0) is 4.79 Å². The number of Topliss-reactive ketones (excluding diaryl/α,β-unsaturated/α-hetero) is 1. The van der Waals surface area contributed by atoms with Gasteiger partial charge in [-0.15, -0.1) is 0 Å². The van der Waals surface area contributed by atoms with Crippen LogP contribution in [0, 0.1) is 5.92 Å². The number of rotatable bonds is 6. The monoisotopic (exact) mass is 236 g/mol. The molecule has 0 aliphatic heterocycles. The lowest BCUT2D eigenvalue weighted by Gasteiger charge is -2.18. The van der Waals surface area contributed by atoms with E-state index in [4.69, 9.17) is 0 Å². The van der Waals surface area contributed by atoms with Gasteiger partial charge in [0.2, 0.25) is 0 Å². The highest BCUT2D eigenvalue weighted by atomic mass is 16.3. The highest BCUT2D eigenvalue weighted by Crippen LogP contribution is 2.31. The number of aliphatic hydroxyl groups excluding tert-OH is 1. The predicted octanol–water partition coefficient (Wildman–Crippen LogP) is 3.41. The molecule has 0 aromatic carbocycles. The fourth-order valence-corrected chi connectivity index (χ4v) is 2.34. The van der Waals surface area contributed by atoms with E-state index >= 15 is 0 Å². The molecule has 0 aromatic heterocycles. The molecule has 0 spiro atoms. The van der Waals surface area contributed by atoms with E-state index in [1.54, 1.807) is 6.92 Å². The Morgan fingerprint density at radius 1 is 1.41 bits per heavy atom. The van der Waals surface area contributed by atoms with Crippen LogP contribution in [0.2, 0.25) is 0 Å². The number of hydrogen-bond donors (Lipinski definition) is 1. The molecule has 2 atom stereocenters. The summed E-state index contributed by atoms with van der Waals surface area (Å²) in [7, 11) is 0. The minimum absolute atomic E-state index is 0.272. The van der Waals surface area contributed by atoms with Gasteiger partial charge in [-0.2, -0.15) is 0 Å². The molecule has 1 aliphatic carbocycles. The quantitative estimate of drug-likeness (QED) is 0.718. The second kappa shape index (κ2) is 6.15. The molecule has 96 valence electrons. The van der Waals surface area contributed by atoms with E-state index in [-0.39, 0.29) is 6.10 Å². The Balaban J connectivity index is 2.64. The molecular formula is C15H24O2. The number of carbonyl (C=O) groups excluding carboxylic acids is 1. The molecule has 17 heavy (non-hydrogen) atoms. The van der Waals surface area contributed by atoms with Crippen molar-refractivity contribution in [1.29, 1.82) is 0 Å². The zero-order valence-electron chi connectivity index (χ0n) is 11.3. The van der Waals surface area contributed by atoms with Crippen molar-refractivity contribution in [3.63, 3.8) is 0 Å². The molecule has 0 fully saturated rings. The third kappa shape index (κ3) is 4.12. The van der Waals surface area contributed by atoms with Crippen LogP contribution in [0.3, 0.4) is 0 Å². The zero-order chi connectivity index (χ0) is 13.0. The van der Waals surface area contributed by atoms with Crippen molar-refractivity contribution in [2.75, 3.05) is 0 Å². The number of aliphatic hydroxyl groups is 1. The zero-order valence-corrected chi connectivity index (χ0v) is 11.3. The van der Waals surface area contributed by atoms with Crippen molar-refractivity contribution in [3.05, 3.63) is 23.3 Å². The van der Waals surface area contributed by atoms with Crippen molar-refractivity contribution >= 4 is 5.78 Å². The molecule has 2 heteroatoms. The number of hydrogen-bond acceptors (Lipinski definition) is 2. The number of ketones is 1. The Kier molecular flexibility index (Phi) is 5.13. The van der Waals surface area contributed by atoms with Gasteiger partial charge in [0.05, 0.1) is 6.10 Å². The molecule has 0 saturated heterocycles. The molecule has 0 saturated carbocycles. The van der Waals surface area contributed by atoms with Gasteiger partial charge >= 0.3 is 0 Å². The van der Waals surface area contributed by atoms with Crippen LogP contribution in [0.1, 0.15) is 52.9 Å².